The summed E-state index contributed by atoms with van der Waals surface area (Å²) in [6, 6.07) is 6.71. The van der Waals surface area contributed by atoms with E-state index in [1.807, 2.05) is 0 Å². The fraction of sp³-hybridized carbons (Fsp3) is 0.353. The van der Waals surface area contributed by atoms with Crippen LogP contribution in [0.1, 0.15) is 12.7 Å². The van der Waals surface area contributed by atoms with Crippen molar-refractivity contribution in [3.05, 3.63) is 30.0 Å². The van der Waals surface area contributed by atoms with Gasteiger partial charge in [0.25, 0.3) is 0 Å². The van der Waals surface area contributed by atoms with Gasteiger partial charge in [-0.05, 0) is 13.8 Å². The van der Waals surface area contributed by atoms with Crippen molar-refractivity contribution in [1.82, 2.24) is 5.16 Å². The SMILES string of the molecule is COc1cc(NC(=O)CSC(C)C(=O)Nc2cc(C)on2)cc(OC)c1. The highest BCUT2D eigenvalue weighted by Gasteiger charge is 2.17. The monoisotopic (exact) mass is 379 g/mol. The molecule has 1 unspecified atom stereocenters. The summed E-state index contributed by atoms with van der Waals surface area (Å²) in [7, 11) is 3.07. The molecule has 26 heavy (non-hydrogen) atoms. The Balaban J connectivity index is 1.85. The largest absolute Gasteiger partial charge is 0.497 e. The summed E-state index contributed by atoms with van der Waals surface area (Å²) in [5.41, 5.74) is 0.557. The van der Waals surface area contributed by atoms with Gasteiger partial charge in [0.2, 0.25) is 11.8 Å². The predicted octanol–water partition coefficient (Wildman–Crippen LogP) is 2.70. The fourth-order valence-corrected chi connectivity index (χ4v) is 2.69. The van der Waals surface area contributed by atoms with Gasteiger partial charge in [-0.2, -0.15) is 0 Å². The number of anilines is 2. The second-order valence-corrected chi connectivity index (χ2v) is 6.74. The van der Waals surface area contributed by atoms with Crippen molar-refractivity contribution in [3.63, 3.8) is 0 Å². The Hall–Kier alpha value is -2.68. The maximum Gasteiger partial charge on any atom is 0.238 e. The second-order valence-electron chi connectivity index (χ2n) is 5.41. The summed E-state index contributed by atoms with van der Waals surface area (Å²) in [5.74, 6) is 1.74. The molecule has 2 N–H and O–H groups in total. The lowest BCUT2D eigenvalue weighted by atomic mass is 10.2. The molecule has 0 aliphatic rings. The number of aryl methyl sites for hydroxylation is 1. The third kappa shape index (κ3) is 5.69. The Morgan fingerprint density at radius 3 is 2.35 bits per heavy atom. The smallest absolute Gasteiger partial charge is 0.238 e. The van der Waals surface area contributed by atoms with E-state index in [2.05, 4.69) is 15.8 Å². The van der Waals surface area contributed by atoms with Gasteiger partial charge in [-0.15, -0.1) is 11.8 Å². The molecule has 2 amide bonds. The molecule has 2 rings (SSSR count). The van der Waals surface area contributed by atoms with Crippen LogP contribution in [0.5, 0.6) is 11.5 Å². The van der Waals surface area contributed by atoms with Crippen LogP contribution in [0.2, 0.25) is 0 Å². The second kappa shape index (κ2) is 9.14. The lowest BCUT2D eigenvalue weighted by Crippen LogP contribution is -2.25. The Kier molecular flexibility index (Phi) is 6.90. The van der Waals surface area contributed by atoms with Crippen molar-refractivity contribution >= 4 is 35.1 Å². The normalized spacial score (nSPS) is 11.5. The lowest BCUT2D eigenvalue weighted by Gasteiger charge is -2.12. The summed E-state index contributed by atoms with van der Waals surface area (Å²) < 4.78 is 15.2. The maximum atomic E-state index is 12.1. The third-order valence-electron chi connectivity index (χ3n) is 3.35. The van der Waals surface area contributed by atoms with E-state index >= 15 is 0 Å². The van der Waals surface area contributed by atoms with Crippen LogP contribution in [-0.2, 0) is 9.59 Å². The van der Waals surface area contributed by atoms with Crippen LogP contribution in [0.3, 0.4) is 0 Å². The van der Waals surface area contributed by atoms with Gasteiger partial charge in [0.05, 0.1) is 25.2 Å². The van der Waals surface area contributed by atoms with E-state index in [9.17, 15) is 9.59 Å². The number of hydrogen-bond acceptors (Lipinski definition) is 7. The molecular formula is C17H21N3O5S. The number of carbonyl (C=O) groups excluding carboxylic acids is 2. The number of nitrogens with one attached hydrogen (secondary N) is 2. The molecule has 1 atom stereocenters. The number of methoxy groups -OCH3 is 2. The number of carbonyl (C=O) groups is 2. The molecule has 8 nitrogen and oxygen atoms in total. The van der Waals surface area contributed by atoms with Gasteiger partial charge in [0, 0.05) is 30.0 Å². The Labute approximate surface area is 155 Å². The van der Waals surface area contributed by atoms with Crippen LogP contribution in [-0.4, -0.2) is 42.2 Å². The summed E-state index contributed by atoms with van der Waals surface area (Å²) in [6.45, 7) is 3.45. The highest BCUT2D eigenvalue weighted by Crippen LogP contribution is 2.26. The Bertz CT molecular complexity index is 755. The maximum absolute atomic E-state index is 12.1. The number of ether oxygens (including phenoxy) is 2. The number of rotatable bonds is 8. The predicted molar refractivity (Wildman–Crippen MR) is 100.0 cm³/mol. The lowest BCUT2D eigenvalue weighted by molar-refractivity contribution is -0.115. The first-order chi connectivity index (χ1) is 12.4. The fourth-order valence-electron chi connectivity index (χ4n) is 2.01. The molecule has 1 heterocycles. The number of hydrogen-bond donors (Lipinski definition) is 2. The van der Waals surface area contributed by atoms with Gasteiger partial charge in [0.1, 0.15) is 17.3 Å². The van der Waals surface area contributed by atoms with Crippen molar-refractivity contribution in [1.29, 1.82) is 0 Å². The van der Waals surface area contributed by atoms with E-state index in [0.29, 0.717) is 28.8 Å². The molecule has 2 aromatic rings. The standard InChI is InChI=1S/C17H21N3O5S/c1-10-5-15(20-25-10)19-17(22)11(2)26-9-16(21)18-12-6-13(23-3)8-14(7-12)24-4/h5-8,11H,9H2,1-4H3,(H,18,21)(H,19,20,22). The van der Waals surface area contributed by atoms with Crippen molar-refractivity contribution in [2.75, 3.05) is 30.6 Å². The van der Waals surface area contributed by atoms with Gasteiger partial charge in [-0.1, -0.05) is 5.16 Å². The van der Waals surface area contributed by atoms with E-state index in [1.165, 1.54) is 26.0 Å². The van der Waals surface area contributed by atoms with E-state index in [1.54, 1.807) is 38.1 Å². The molecule has 0 fully saturated rings. The highest BCUT2D eigenvalue weighted by molar-refractivity contribution is 8.01. The van der Waals surface area contributed by atoms with E-state index in [-0.39, 0.29) is 17.6 Å². The van der Waals surface area contributed by atoms with E-state index < -0.39 is 5.25 Å². The number of thioether (sulfide) groups is 1. The number of nitrogens with zero attached hydrogens (tertiary/aromatic N) is 1. The van der Waals surface area contributed by atoms with Gasteiger partial charge in [-0.25, -0.2) is 0 Å². The first-order valence-corrected chi connectivity index (χ1v) is 8.85. The van der Waals surface area contributed by atoms with E-state index in [0.717, 1.165) is 0 Å². The summed E-state index contributed by atoms with van der Waals surface area (Å²) in [6.07, 6.45) is 0. The van der Waals surface area contributed by atoms with Crippen LogP contribution >= 0.6 is 11.8 Å². The zero-order chi connectivity index (χ0) is 19.1. The quantitative estimate of drug-likeness (QED) is 0.727. The van der Waals surface area contributed by atoms with Crippen LogP contribution in [0, 0.1) is 6.92 Å². The summed E-state index contributed by atoms with van der Waals surface area (Å²) >= 11 is 1.21. The van der Waals surface area contributed by atoms with Gasteiger partial charge >= 0.3 is 0 Å². The minimum atomic E-state index is -0.433. The minimum Gasteiger partial charge on any atom is -0.497 e. The molecule has 0 aliphatic carbocycles. The molecule has 140 valence electrons. The van der Waals surface area contributed by atoms with Gasteiger partial charge in [-0.3, -0.25) is 9.59 Å². The molecule has 1 aromatic carbocycles. The molecule has 0 saturated carbocycles. The van der Waals surface area contributed by atoms with E-state index in [4.69, 9.17) is 14.0 Å². The molecule has 0 aliphatic heterocycles. The zero-order valence-corrected chi connectivity index (χ0v) is 15.8. The average molecular weight is 379 g/mol. The molecule has 1 aromatic heterocycles. The van der Waals surface area contributed by atoms with Crippen molar-refractivity contribution in [2.45, 2.75) is 19.1 Å². The van der Waals surface area contributed by atoms with Crippen molar-refractivity contribution in [3.8, 4) is 11.5 Å². The van der Waals surface area contributed by atoms with Gasteiger partial charge < -0.3 is 24.6 Å². The van der Waals surface area contributed by atoms with Crippen molar-refractivity contribution < 1.29 is 23.6 Å². The van der Waals surface area contributed by atoms with Crippen LogP contribution in [0.15, 0.2) is 28.8 Å². The van der Waals surface area contributed by atoms with Crippen molar-refractivity contribution in [2.24, 2.45) is 0 Å². The molecule has 0 spiro atoms. The molecule has 9 heteroatoms. The third-order valence-corrected chi connectivity index (χ3v) is 4.49. The number of benzene rings is 1. The molecule has 0 bridgehead atoms. The summed E-state index contributed by atoms with van der Waals surface area (Å²) in [5, 5.41) is 8.67. The van der Waals surface area contributed by atoms with Crippen LogP contribution < -0.4 is 20.1 Å². The van der Waals surface area contributed by atoms with Gasteiger partial charge in [0.15, 0.2) is 5.82 Å². The topological polar surface area (TPSA) is 103 Å². The number of amides is 2. The minimum absolute atomic E-state index is 0.117. The Morgan fingerprint density at radius 2 is 1.81 bits per heavy atom. The highest BCUT2D eigenvalue weighted by atomic mass is 32.2. The Morgan fingerprint density at radius 1 is 1.15 bits per heavy atom. The first-order valence-electron chi connectivity index (χ1n) is 7.80. The first kappa shape index (κ1) is 19.6. The van der Waals surface area contributed by atoms with Crippen LogP contribution in [0.25, 0.3) is 0 Å². The molecular weight excluding hydrogens is 358 g/mol. The average Bonchev–Trinajstić information content (AvgIpc) is 3.03. The number of aromatic nitrogens is 1. The van der Waals surface area contributed by atoms with Crippen LogP contribution in [0.4, 0.5) is 11.5 Å². The summed E-state index contributed by atoms with van der Waals surface area (Å²) in [4.78, 5) is 24.2. The molecule has 0 radical (unpaired) electrons. The molecule has 0 saturated heterocycles. The zero-order valence-electron chi connectivity index (χ0n) is 15.0.